The summed E-state index contributed by atoms with van der Waals surface area (Å²) >= 11 is 1.29. The summed E-state index contributed by atoms with van der Waals surface area (Å²) in [5, 5.41) is 5.28. The third-order valence-electron chi connectivity index (χ3n) is 5.59. The number of amides is 3. The number of nitrogens with one attached hydrogen (secondary N) is 3. The number of rotatable bonds is 7. The highest BCUT2D eigenvalue weighted by Crippen LogP contribution is 2.38. The van der Waals surface area contributed by atoms with Crippen LogP contribution in [0.5, 0.6) is 0 Å². The molecular weight excluding hydrogens is 502 g/mol. The van der Waals surface area contributed by atoms with E-state index in [0.717, 1.165) is 29.7 Å². The molecule has 4 rings (SSSR count). The number of thiophene rings is 1. The van der Waals surface area contributed by atoms with Gasteiger partial charge in [0.15, 0.2) is 0 Å². The smallest absolute Gasteiger partial charge is 0.414 e. The van der Waals surface area contributed by atoms with Gasteiger partial charge in [-0.15, -0.1) is 11.3 Å². The Morgan fingerprint density at radius 1 is 0.944 bits per heavy atom. The van der Waals surface area contributed by atoms with Crippen molar-refractivity contribution in [1.82, 2.24) is 5.32 Å². The number of carbonyl (C=O) groups excluding carboxylic acids is 3. The molecule has 0 fully saturated rings. The number of imide groups is 1. The Morgan fingerprint density at radius 3 is 2.39 bits per heavy atom. The molecule has 11 heteroatoms. The normalized spacial score (nSPS) is 12.8. The van der Waals surface area contributed by atoms with Crippen molar-refractivity contribution >= 4 is 50.0 Å². The van der Waals surface area contributed by atoms with E-state index in [1.54, 1.807) is 37.3 Å². The SMILES string of the molecule is CCOC(=O)NC(=O)c1c(NC(=O)c2ccccc2NS(=O)(=O)c2ccccc2)sc2c1CCCC2. The highest BCUT2D eigenvalue weighted by Gasteiger charge is 2.28. The predicted molar refractivity (Wildman–Crippen MR) is 137 cm³/mol. The molecule has 3 aromatic rings. The summed E-state index contributed by atoms with van der Waals surface area (Å²) in [5.41, 5.74) is 1.22. The number of benzene rings is 2. The number of alkyl carbamates (subject to hydrolysis) is 1. The molecule has 9 nitrogen and oxygen atoms in total. The average Bonchev–Trinajstić information content (AvgIpc) is 3.22. The van der Waals surface area contributed by atoms with E-state index in [0.29, 0.717) is 11.4 Å². The van der Waals surface area contributed by atoms with Crippen LogP contribution >= 0.6 is 11.3 Å². The maximum Gasteiger partial charge on any atom is 0.414 e. The van der Waals surface area contributed by atoms with Gasteiger partial charge in [-0.25, -0.2) is 13.2 Å². The lowest BCUT2D eigenvalue weighted by Crippen LogP contribution is -2.32. The fraction of sp³-hybridized carbons (Fsp3) is 0.240. The largest absolute Gasteiger partial charge is 0.450 e. The Bertz CT molecular complexity index is 1400. The number of fused-ring (bicyclic) bond motifs is 1. The second-order valence-electron chi connectivity index (χ2n) is 8.01. The first-order valence-electron chi connectivity index (χ1n) is 11.4. The molecule has 2 aromatic carbocycles. The van der Waals surface area contributed by atoms with Gasteiger partial charge in [-0.05, 0) is 62.4 Å². The summed E-state index contributed by atoms with van der Waals surface area (Å²) in [5.74, 6) is -1.24. The first-order valence-corrected chi connectivity index (χ1v) is 13.7. The molecule has 0 saturated heterocycles. The third-order valence-corrected chi connectivity index (χ3v) is 8.17. The van der Waals surface area contributed by atoms with Gasteiger partial charge in [-0.3, -0.25) is 19.6 Å². The Labute approximate surface area is 212 Å². The molecule has 1 aliphatic rings. The molecule has 36 heavy (non-hydrogen) atoms. The zero-order valence-electron chi connectivity index (χ0n) is 19.5. The molecule has 0 saturated carbocycles. The number of hydrogen-bond acceptors (Lipinski definition) is 7. The minimum Gasteiger partial charge on any atom is -0.450 e. The molecule has 0 unspecified atom stereocenters. The minimum absolute atomic E-state index is 0.0593. The lowest BCUT2D eigenvalue weighted by Gasteiger charge is -2.14. The molecule has 3 amide bonds. The quantitative estimate of drug-likeness (QED) is 0.413. The lowest BCUT2D eigenvalue weighted by molar-refractivity contribution is 0.0925. The summed E-state index contributed by atoms with van der Waals surface area (Å²) in [6.45, 7) is 1.74. The van der Waals surface area contributed by atoms with E-state index in [-0.39, 0.29) is 28.3 Å². The van der Waals surface area contributed by atoms with Crippen LogP contribution in [-0.4, -0.2) is 32.9 Å². The summed E-state index contributed by atoms with van der Waals surface area (Å²) < 4.78 is 33.0. The number of anilines is 2. The molecular formula is C25H25N3O6S2. The van der Waals surface area contributed by atoms with Crippen LogP contribution in [0.3, 0.4) is 0 Å². The number of aryl methyl sites for hydroxylation is 1. The van der Waals surface area contributed by atoms with Gasteiger partial charge >= 0.3 is 6.09 Å². The highest BCUT2D eigenvalue weighted by molar-refractivity contribution is 7.92. The molecule has 3 N–H and O–H groups in total. The third kappa shape index (κ3) is 5.58. The molecule has 188 valence electrons. The van der Waals surface area contributed by atoms with E-state index >= 15 is 0 Å². The Kier molecular flexibility index (Phi) is 7.70. The van der Waals surface area contributed by atoms with Gasteiger partial charge in [0, 0.05) is 4.88 Å². The number of para-hydroxylation sites is 1. The van der Waals surface area contributed by atoms with Crippen LogP contribution < -0.4 is 15.4 Å². The predicted octanol–water partition coefficient (Wildman–Crippen LogP) is 4.57. The fourth-order valence-electron chi connectivity index (χ4n) is 3.96. The van der Waals surface area contributed by atoms with Gasteiger partial charge in [-0.2, -0.15) is 0 Å². The van der Waals surface area contributed by atoms with Crippen LogP contribution in [0.25, 0.3) is 0 Å². The number of carbonyl (C=O) groups is 3. The van der Waals surface area contributed by atoms with Crippen LogP contribution in [0.15, 0.2) is 59.5 Å². The van der Waals surface area contributed by atoms with Gasteiger partial charge < -0.3 is 10.1 Å². The van der Waals surface area contributed by atoms with Gasteiger partial charge in [0.05, 0.1) is 28.3 Å². The summed E-state index contributed by atoms with van der Waals surface area (Å²) in [4.78, 5) is 39.2. The molecule has 0 spiro atoms. The van der Waals surface area contributed by atoms with Crippen LogP contribution in [0.2, 0.25) is 0 Å². The summed E-state index contributed by atoms with van der Waals surface area (Å²) in [6, 6.07) is 14.0. The van der Waals surface area contributed by atoms with Crippen molar-refractivity contribution in [3.8, 4) is 0 Å². The molecule has 0 atom stereocenters. The monoisotopic (exact) mass is 527 g/mol. The standard InChI is InChI=1S/C25H25N3O6S2/c1-2-34-25(31)27-23(30)21-18-13-7-9-15-20(18)35-24(21)26-22(29)17-12-6-8-14-19(17)28-36(32,33)16-10-4-3-5-11-16/h3-6,8,10-12,14,28H,2,7,9,13,15H2,1H3,(H,26,29)(H,27,30,31). The molecule has 0 radical (unpaired) electrons. The number of sulfonamides is 1. The van der Waals surface area contributed by atoms with Gasteiger partial charge in [0.1, 0.15) is 5.00 Å². The van der Waals surface area contributed by atoms with Crippen molar-refractivity contribution in [3.63, 3.8) is 0 Å². The van der Waals surface area contributed by atoms with Crippen molar-refractivity contribution in [1.29, 1.82) is 0 Å². The first kappa shape index (κ1) is 25.4. The zero-order valence-corrected chi connectivity index (χ0v) is 21.1. The molecule has 1 heterocycles. The lowest BCUT2D eigenvalue weighted by atomic mass is 9.95. The van der Waals surface area contributed by atoms with E-state index in [1.165, 1.54) is 35.6 Å². The topological polar surface area (TPSA) is 131 Å². The van der Waals surface area contributed by atoms with Crippen molar-refractivity contribution in [3.05, 3.63) is 76.2 Å². The Hall–Kier alpha value is -3.70. The van der Waals surface area contributed by atoms with E-state index in [1.807, 2.05) is 0 Å². The van der Waals surface area contributed by atoms with Crippen LogP contribution in [0.1, 0.15) is 50.9 Å². The highest BCUT2D eigenvalue weighted by atomic mass is 32.2. The van der Waals surface area contributed by atoms with E-state index in [4.69, 9.17) is 4.74 Å². The van der Waals surface area contributed by atoms with Crippen LogP contribution in [0, 0.1) is 0 Å². The van der Waals surface area contributed by atoms with Gasteiger partial charge in [-0.1, -0.05) is 30.3 Å². The second kappa shape index (κ2) is 10.9. The van der Waals surface area contributed by atoms with Crippen LogP contribution in [0.4, 0.5) is 15.5 Å². The van der Waals surface area contributed by atoms with Crippen molar-refractivity contribution in [2.45, 2.75) is 37.5 Å². The van der Waals surface area contributed by atoms with Crippen molar-refractivity contribution in [2.24, 2.45) is 0 Å². The van der Waals surface area contributed by atoms with E-state index < -0.39 is 27.9 Å². The number of hydrogen-bond donors (Lipinski definition) is 3. The molecule has 1 aromatic heterocycles. The van der Waals surface area contributed by atoms with E-state index in [9.17, 15) is 22.8 Å². The van der Waals surface area contributed by atoms with Gasteiger partial charge in [0.2, 0.25) is 0 Å². The molecule has 0 bridgehead atoms. The minimum atomic E-state index is -3.93. The Morgan fingerprint density at radius 2 is 1.64 bits per heavy atom. The molecule has 0 aliphatic heterocycles. The second-order valence-corrected chi connectivity index (χ2v) is 10.8. The first-order chi connectivity index (χ1) is 17.3. The maximum absolute atomic E-state index is 13.3. The zero-order chi connectivity index (χ0) is 25.7. The van der Waals surface area contributed by atoms with Gasteiger partial charge in [0.25, 0.3) is 21.8 Å². The molecule has 1 aliphatic carbocycles. The average molecular weight is 528 g/mol. The van der Waals surface area contributed by atoms with Crippen LogP contribution in [-0.2, 0) is 27.6 Å². The summed E-state index contributed by atoms with van der Waals surface area (Å²) in [6.07, 6.45) is 2.41. The maximum atomic E-state index is 13.3. The van der Waals surface area contributed by atoms with Crippen molar-refractivity contribution < 1.29 is 27.5 Å². The fourth-order valence-corrected chi connectivity index (χ4v) is 6.34. The summed E-state index contributed by atoms with van der Waals surface area (Å²) in [7, 11) is -3.93. The Balaban J connectivity index is 1.63. The number of ether oxygens (including phenoxy) is 1. The van der Waals surface area contributed by atoms with E-state index in [2.05, 4.69) is 15.4 Å². The van der Waals surface area contributed by atoms with Crippen molar-refractivity contribution in [2.75, 3.05) is 16.6 Å².